The van der Waals surface area contributed by atoms with Crippen molar-refractivity contribution in [2.24, 2.45) is 12.8 Å². The molecule has 0 saturated heterocycles. The third-order valence-electron chi connectivity index (χ3n) is 4.91. The molecule has 0 aliphatic heterocycles. The molecule has 5 nitrogen and oxygen atoms in total. The highest BCUT2D eigenvalue weighted by Crippen LogP contribution is 2.44. The Hall–Kier alpha value is -1.07. The third-order valence-corrected chi connectivity index (χ3v) is 4.91. The van der Waals surface area contributed by atoms with E-state index < -0.39 is 0 Å². The van der Waals surface area contributed by atoms with Crippen LogP contribution >= 0.6 is 0 Å². The summed E-state index contributed by atoms with van der Waals surface area (Å²) in [5.74, 6) is 0.804. The lowest BCUT2D eigenvalue weighted by Crippen LogP contribution is -2.54. The largest absolute Gasteiger partial charge is 0.493 e. The molecule has 1 aliphatic rings. The summed E-state index contributed by atoms with van der Waals surface area (Å²) in [6.07, 6.45) is 6.59. The molecule has 0 aromatic carbocycles. The number of nitrogens with two attached hydrogens (primary N) is 1. The van der Waals surface area contributed by atoms with Crippen LogP contribution in [0.4, 0.5) is 0 Å². The summed E-state index contributed by atoms with van der Waals surface area (Å²) in [5, 5.41) is 4.32. The van der Waals surface area contributed by atoms with Crippen LogP contribution in [0.5, 0.6) is 5.75 Å². The zero-order valence-corrected chi connectivity index (χ0v) is 13.2. The second-order valence-corrected chi connectivity index (χ2v) is 5.68. The monoisotopic (exact) mass is 280 g/mol. The molecule has 0 bridgehead atoms. The predicted octanol–water partition coefficient (Wildman–Crippen LogP) is 2.08. The number of hydrogen-bond donors (Lipinski definition) is 1. The molecule has 20 heavy (non-hydrogen) atoms. The van der Waals surface area contributed by atoms with Gasteiger partial charge in [0.15, 0.2) is 5.75 Å². The highest BCUT2D eigenvalue weighted by molar-refractivity contribution is 5.31. The number of methoxy groups -OCH3 is 1. The lowest BCUT2D eigenvalue weighted by Gasteiger charge is -2.44. The quantitative estimate of drug-likeness (QED) is 0.867. The molecule has 1 aromatic rings. The lowest BCUT2D eigenvalue weighted by atomic mass is 9.84. The van der Waals surface area contributed by atoms with Crippen molar-refractivity contribution in [3.63, 3.8) is 0 Å². The Morgan fingerprint density at radius 3 is 2.50 bits per heavy atom. The number of hydrogen-bond acceptors (Lipinski definition) is 4. The molecule has 1 aliphatic carbocycles. The molecule has 1 saturated carbocycles. The van der Waals surface area contributed by atoms with E-state index >= 15 is 0 Å². The zero-order valence-electron chi connectivity index (χ0n) is 13.2. The molecule has 1 aromatic heterocycles. The number of rotatable bonds is 6. The topological polar surface area (TPSA) is 56.3 Å². The van der Waals surface area contributed by atoms with Gasteiger partial charge in [-0.05, 0) is 25.9 Å². The van der Waals surface area contributed by atoms with Gasteiger partial charge >= 0.3 is 0 Å². The highest BCUT2D eigenvalue weighted by atomic mass is 16.5. The minimum atomic E-state index is -0.0626. The molecule has 0 spiro atoms. The van der Waals surface area contributed by atoms with Crippen molar-refractivity contribution in [1.29, 1.82) is 0 Å². The van der Waals surface area contributed by atoms with Crippen molar-refractivity contribution in [3.05, 3.63) is 11.9 Å². The molecular formula is C15H28N4O. The van der Waals surface area contributed by atoms with Gasteiger partial charge in [0.05, 0.1) is 25.0 Å². The first-order valence-corrected chi connectivity index (χ1v) is 7.67. The Balaban J connectivity index is 2.41. The van der Waals surface area contributed by atoms with Crippen LogP contribution in [0.1, 0.15) is 51.3 Å². The molecule has 1 unspecified atom stereocenters. The van der Waals surface area contributed by atoms with Gasteiger partial charge in [-0.3, -0.25) is 9.58 Å². The van der Waals surface area contributed by atoms with E-state index in [1.807, 2.05) is 11.7 Å². The predicted molar refractivity (Wildman–Crippen MR) is 80.8 cm³/mol. The Bertz CT molecular complexity index is 433. The molecule has 5 heteroatoms. The van der Waals surface area contributed by atoms with Crippen LogP contribution in [0.2, 0.25) is 0 Å². The second-order valence-electron chi connectivity index (χ2n) is 5.68. The number of nitrogens with zero attached hydrogens (tertiary/aromatic N) is 3. The van der Waals surface area contributed by atoms with Gasteiger partial charge in [0.25, 0.3) is 0 Å². The van der Waals surface area contributed by atoms with E-state index in [4.69, 9.17) is 10.5 Å². The molecule has 2 rings (SSSR count). The summed E-state index contributed by atoms with van der Waals surface area (Å²) in [4.78, 5) is 2.52. The smallest absolute Gasteiger partial charge is 0.161 e. The van der Waals surface area contributed by atoms with Gasteiger partial charge in [-0.25, -0.2) is 0 Å². The summed E-state index contributed by atoms with van der Waals surface area (Å²) in [6, 6.07) is -0.0626. The average Bonchev–Trinajstić information content (AvgIpc) is 3.07. The van der Waals surface area contributed by atoms with E-state index in [-0.39, 0.29) is 11.6 Å². The summed E-state index contributed by atoms with van der Waals surface area (Å²) >= 11 is 0. The van der Waals surface area contributed by atoms with Crippen LogP contribution in [0.25, 0.3) is 0 Å². The summed E-state index contributed by atoms with van der Waals surface area (Å²) in [7, 11) is 3.63. The van der Waals surface area contributed by atoms with Crippen molar-refractivity contribution in [2.45, 2.75) is 51.1 Å². The van der Waals surface area contributed by atoms with Crippen molar-refractivity contribution in [2.75, 3.05) is 20.2 Å². The van der Waals surface area contributed by atoms with Gasteiger partial charge in [0, 0.05) is 12.6 Å². The van der Waals surface area contributed by atoms with Gasteiger partial charge < -0.3 is 10.5 Å². The van der Waals surface area contributed by atoms with Crippen LogP contribution in [-0.4, -0.2) is 40.4 Å². The first-order chi connectivity index (χ1) is 9.60. The Kier molecular flexibility index (Phi) is 4.70. The fourth-order valence-corrected chi connectivity index (χ4v) is 3.86. The van der Waals surface area contributed by atoms with E-state index in [0.29, 0.717) is 0 Å². The van der Waals surface area contributed by atoms with Gasteiger partial charge in [-0.1, -0.05) is 26.7 Å². The standard InChI is InChI=1S/C15H28N4O/c1-5-19(6-2)15(9-7-8-10-15)14(16)13-12(20-4)11-17-18(13)3/h11,14H,5-10,16H2,1-4H3. The molecule has 114 valence electrons. The maximum atomic E-state index is 6.73. The normalized spacial score (nSPS) is 19.5. The van der Waals surface area contributed by atoms with E-state index in [1.165, 1.54) is 12.8 Å². The zero-order chi connectivity index (χ0) is 14.8. The first kappa shape index (κ1) is 15.3. The van der Waals surface area contributed by atoms with Crippen LogP contribution < -0.4 is 10.5 Å². The molecule has 1 fully saturated rings. The molecule has 1 atom stereocenters. The van der Waals surface area contributed by atoms with Crippen LogP contribution in [0.15, 0.2) is 6.20 Å². The maximum absolute atomic E-state index is 6.73. The SMILES string of the molecule is CCN(CC)C1(C(N)c2c(OC)cnn2C)CCCC1. The maximum Gasteiger partial charge on any atom is 0.161 e. The number of ether oxygens (including phenoxy) is 1. The molecule has 1 heterocycles. The van der Waals surface area contributed by atoms with Gasteiger partial charge in [0.1, 0.15) is 0 Å². The molecule has 2 N–H and O–H groups in total. The number of aromatic nitrogens is 2. The van der Waals surface area contributed by atoms with Crippen molar-refractivity contribution in [3.8, 4) is 5.75 Å². The van der Waals surface area contributed by atoms with Crippen LogP contribution in [0, 0.1) is 0 Å². The Morgan fingerprint density at radius 1 is 1.40 bits per heavy atom. The van der Waals surface area contributed by atoms with Crippen LogP contribution in [-0.2, 0) is 7.05 Å². The van der Waals surface area contributed by atoms with E-state index in [0.717, 1.165) is 37.4 Å². The molecule has 0 radical (unpaired) electrons. The van der Waals surface area contributed by atoms with E-state index in [9.17, 15) is 0 Å². The lowest BCUT2D eigenvalue weighted by molar-refractivity contribution is 0.0734. The van der Waals surface area contributed by atoms with Gasteiger partial charge in [0.2, 0.25) is 0 Å². The summed E-state index contributed by atoms with van der Waals surface area (Å²) < 4.78 is 7.33. The first-order valence-electron chi connectivity index (χ1n) is 7.67. The summed E-state index contributed by atoms with van der Waals surface area (Å²) in [5.41, 5.74) is 7.79. The Morgan fingerprint density at radius 2 is 2.00 bits per heavy atom. The Labute approximate surface area is 122 Å². The second kappa shape index (κ2) is 6.14. The van der Waals surface area contributed by atoms with Crippen LogP contribution in [0.3, 0.4) is 0 Å². The minimum Gasteiger partial charge on any atom is -0.493 e. The van der Waals surface area contributed by atoms with E-state index in [1.54, 1.807) is 13.3 Å². The summed E-state index contributed by atoms with van der Waals surface area (Å²) in [6.45, 7) is 6.50. The fourth-order valence-electron chi connectivity index (χ4n) is 3.86. The molecule has 0 amide bonds. The third kappa shape index (κ3) is 2.33. The van der Waals surface area contributed by atoms with Crippen molar-refractivity contribution in [1.82, 2.24) is 14.7 Å². The van der Waals surface area contributed by atoms with Gasteiger partial charge in [-0.15, -0.1) is 0 Å². The minimum absolute atomic E-state index is 0.0462. The number of likely N-dealkylation sites (N-methyl/N-ethyl adjacent to an activating group) is 1. The molecular weight excluding hydrogens is 252 g/mol. The van der Waals surface area contributed by atoms with Gasteiger partial charge in [-0.2, -0.15) is 5.10 Å². The van der Waals surface area contributed by atoms with Crippen molar-refractivity contribution >= 4 is 0 Å². The fraction of sp³-hybridized carbons (Fsp3) is 0.800. The van der Waals surface area contributed by atoms with Crippen molar-refractivity contribution < 1.29 is 4.74 Å². The highest BCUT2D eigenvalue weighted by Gasteiger charge is 2.45. The van der Waals surface area contributed by atoms with E-state index in [2.05, 4.69) is 23.8 Å². The average molecular weight is 280 g/mol. The number of aryl methyl sites for hydroxylation is 1.